The molecule has 0 aliphatic heterocycles. The van der Waals surface area contributed by atoms with Gasteiger partial charge in [-0.15, -0.1) is 0 Å². The average molecular weight is 252 g/mol. The molecule has 1 atom stereocenters. The van der Waals surface area contributed by atoms with Gasteiger partial charge in [0.25, 0.3) is 0 Å². The zero-order chi connectivity index (χ0) is 12.2. The minimum absolute atomic E-state index is 0.392. The highest BCUT2D eigenvalue weighted by Crippen LogP contribution is 2.47. The number of hydrogen-bond donors (Lipinski definition) is 1. The Morgan fingerprint density at radius 1 is 1.29 bits per heavy atom. The Labute approximate surface area is 107 Å². The Balaban J connectivity index is 1.86. The molecule has 2 aliphatic rings. The van der Waals surface area contributed by atoms with Crippen LogP contribution < -0.4 is 5.32 Å². The van der Waals surface area contributed by atoms with Crippen molar-refractivity contribution in [3.63, 3.8) is 0 Å². The normalized spacial score (nSPS) is 25.8. The third kappa shape index (κ3) is 2.13. The fourth-order valence-corrected chi connectivity index (χ4v) is 2.22. The number of rotatable bonds is 3. The second-order valence-corrected chi connectivity index (χ2v) is 6.37. The van der Waals surface area contributed by atoms with E-state index >= 15 is 0 Å². The van der Waals surface area contributed by atoms with E-state index in [1.54, 1.807) is 0 Å². The second kappa shape index (κ2) is 3.58. The van der Waals surface area contributed by atoms with E-state index in [0.717, 1.165) is 17.2 Å². The van der Waals surface area contributed by atoms with Gasteiger partial charge in [-0.1, -0.05) is 25.4 Å². The topological polar surface area (TPSA) is 37.8 Å². The maximum Gasteiger partial charge on any atom is 0.137 e. The van der Waals surface area contributed by atoms with Crippen molar-refractivity contribution >= 4 is 17.4 Å². The van der Waals surface area contributed by atoms with Crippen LogP contribution in [0.3, 0.4) is 0 Å². The van der Waals surface area contributed by atoms with Gasteiger partial charge < -0.3 is 5.32 Å². The number of aromatic nitrogens is 2. The molecule has 2 saturated carbocycles. The quantitative estimate of drug-likeness (QED) is 0.836. The van der Waals surface area contributed by atoms with E-state index in [2.05, 4.69) is 29.1 Å². The molecular weight excluding hydrogens is 234 g/mol. The van der Waals surface area contributed by atoms with Crippen molar-refractivity contribution in [1.82, 2.24) is 9.97 Å². The first-order chi connectivity index (χ1) is 7.97. The molecule has 0 aromatic carbocycles. The van der Waals surface area contributed by atoms with Crippen LogP contribution in [0.25, 0.3) is 0 Å². The monoisotopic (exact) mass is 251 g/mol. The lowest BCUT2D eigenvalue weighted by Gasteiger charge is -2.12. The standard InChI is InChI=1S/C13H18ClN3/c1-7-10(14)16-12(8-4-5-8)17-11(7)15-9-6-13(9,2)3/h8-9H,4-6H2,1-3H3,(H,15,16,17). The fourth-order valence-electron chi connectivity index (χ4n) is 2.05. The molecule has 92 valence electrons. The van der Waals surface area contributed by atoms with Crippen molar-refractivity contribution in [3.8, 4) is 0 Å². The number of nitrogens with one attached hydrogen (secondary N) is 1. The van der Waals surface area contributed by atoms with Gasteiger partial charge in [-0.05, 0) is 31.6 Å². The highest BCUT2D eigenvalue weighted by atomic mass is 35.5. The highest BCUT2D eigenvalue weighted by Gasteiger charge is 2.46. The molecule has 0 amide bonds. The van der Waals surface area contributed by atoms with E-state index in [9.17, 15) is 0 Å². The molecule has 0 bridgehead atoms. The van der Waals surface area contributed by atoms with Crippen LogP contribution in [0.15, 0.2) is 0 Å². The van der Waals surface area contributed by atoms with Crippen LogP contribution in [0.2, 0.25) is 5.15 Å². The smallest absolute Gasteiger partial charge is 0.137 e. The maximum atomic E-state index is 6.17. The molecule has 1 unspecified atom stereocenters. The van der Waals surface area contributed by atoms with E-state index in [-0.39, 0.29) is 0 Å². The Kier molecular flexibility index (Phi) is 2.37. The summed E-state index contributed by atoms with van der Waals surface area (Å²) in [5.74, 6) is 2.39. The average Bonchev–Trinajstić information content (AvgIpc) is 3.12. The highest BCUT2D eigenvalue weighted by molar-refractivity contribution is 6.30. The third-order valence-corrected chi connectivity index (χ3v) is 4.24. The lowest BCUT2D eigenvalue weighted by atomic mass is 10.2. The van der Waals surface area contributed by atoms with E-state index in [4.69, 9.17) is 11.6 Å². The number of hydrogen-bond acceptors (Lipinski definition) is 3. The van der Waals surface area contributed by atoms with Gasteiger partial charge in [0.1, 0.15) is 16.8 Å². The van der Waals surface area contributed by atoms with Crippen LogP contribution in [0.1, 0.15) is 50.4 Å². The van der Waals surface area contributed by atoms with Crippen LogP contribution >= 0.6 is 11.6 Å². The lowest BCUT2D eigenvalue weighted by molar-refractivity contribution is 0.629. The van der Waals surface area contributed by atoms with Crippen LogP contribution in [0.4, 0.5) is 5.82 Å². The maximum absolute atomic E-state index is 6.17. The third-order valence-electron chi connectivity index (χ3n) is 3.87. The van der Waals surface area contributed by atoms with Crippen molar-refractivity contribution in [2.45, 2.75) is 52.0 Å². The molecule has 1 aromatic heterocycles. The predicted octanol–water partition coefficient (Wildman–Crippen LogP) is 3.53. The number of anilines is 1. The van der Waals surface area contributed by atoms with Gasteiger partial charge in [-0.3, -0.25) is 0 Å². The summed E-state index contributed by atoms with van der Waals surface area (Å²) in [4.78, 5) is 9.01. The van der Waals surface area contributed by atoms with Crippen molar-refractivity contribution < 1.29 is 0 Å². The second-order valence-electron chi connectivity index (χ2n) is 6.01. The van der Waals surface area contributed by atoms with Gasteiger partial charge in [-0.25, -0.2) is 9.97 Å². The van der Waals surface area contributed by atoms with E-state index in [0.29, 0.717) is 22.5 Å². The van der Waals surface area contributed by atoms with Gasteiger partial charge in [-0.2, -0.15) is 0 Å². The van der Waals surface area contributed by atoms with Crippen LogP contribution in [-0.4, -0.2) is 16.0 Å². The van der Waals surface area contributed by atoms with E-state index in [1.807, 2.05) is 6.92 Å². The SMILES string of the molecule is Cc1c(Cl)nc(C2CC2)nc1NC1CC1(C)C. The summed E-state index contributed by atoms with van der Waals surface area (Å²) < 4.78 is 0. The molecule has 17 heavy (non-hydrogen) atoms. The Bertz CT molecular complexity index is 466. The minimum Gasteiger partial charge on any atom is -0.366 e. The van der Waals surface area contributed by atoms with E-state index < -0.39 is 0 Å². The van der Waals surface area contributed by atoms with Gasteiger partial charge in [0.15, 0.2) is 0 Å². The Morgan fingerprint density at radius 2 is 1.94 bits per heavy atom. The minimum atomic E-state index is 0.392. The zero-order valence-corrected chi connectivity index (χ0v) is 11.3. The van der Waals surface area contributed by atoms with Crippen LogP contribution in [-0.2, 0) is 0 Å². The van der Waals surface area contributed by atoms with Crippen molar-refractivity contribution in [3.05, 3.63) is 16.5 Å². The predicted molar refractivity (Wildman–Crippen MR) is 69.6 cm³/mol. The molecule has 0 saturated heterocycles. The number of halogens is 1. The molecule has 2 aliphatic carbocycles. The zero-order valence-electron chi connectivity index (χ0n) is 10.5. The van der Waals surface area contributed by atoms with Gasteiger partial charge in [0.05, 0.1) is 0 Å². The lowest BCUT2D eigenvalue weighted by Crippen LogP contribution is -2.12. The van der Waals surface area contributed by atoms with Gasteiger partial charge in [0, 0.05) is 17.5 Å². The molecule has 3 nitrogen and oxygen atoms in total. The Morgan fingerprint density at radius 3 is 2.47 bits per heavy atom. The molecule has 1 heterocycles. The molecule has 1 N–H and O–H groups in total. The molecule has 1 aromatic rings. The van der Waals surface area contributed by atoms with Crippen molar-refractivity contribution in [1.29, 1.82) is 0 Å². The molecule has 0 radical (unpaired) electrons. The molecule has 0 spiro atoms. The molecule has 2 fully saturated rings. The summed E-state index contributed by atoms with van der Waals surface area (Å²) in [5.41, 5.74) is 1.36. The number of nitrogens with zero attached hydrogens (tertiary/aromatic N) is 2. The first-order valence-corrected chi connectivity index (χ1v) is 6.66. The first-order valence-electron chi connectivity index (χ1n) is 6.28. The van der Waals surface area contributed by atoms with Gasteiger partial charge >= 0.3 is 0 Å². The summed E-state index contributed by atoms with van der Waals surface area (Å²) in [6.07, 6.45) is 3.61. The fraction of sp³-hybridized carbons (Fsp3) is 0.692. The Hall–Kier alpha value is -0.830. The summed E-state index contributed by atoms with van der Waals surface area (Å²) >= 11 is 6.17. The van der Waals surface area contributed by atoms with Gasteiger partial charge in [0.2, 0.25) is 0 Å². The van der Waals surface area contributed by atoms with Crippen LogP contribution in [0.5, 0.6) is 0 Å². The largest absolute Gasteiger partial charge is 0.366 e. The molecular formula is C13H18ClN3. The summed E-state index contributed by atoms with van der Waals surface area (Å²) in [6.45, 7) is 6.52. The molecule has 3 rings (SSSR count). The summed E-state index contributed by atoms with van der Waals surface area (Å²) in [7, 11) is 0. The summed E-state index contributed by atoms with van der Waals surface area (Å²) in [6, 6.07) is 0.527. The first kappa shape index (κ1) is 11.3. The van der Waals surface area contributed by atoms with Crippen molar-refractivity contribution in [2.24, 2.45) is 5.41 Å². The summed E-state index contributed by atoms with van der Waals surface area (Å²) in [5, 5.41) is 4.10. The molecule has 4 heteroatoms. The van der Waals surface area contributed by atoms with Crippen LogP contribution in [0, 0.1) is 12.3 Å². The van der Waals surface area contributed by atoms with Crippen molar-refractivity contribution in [2.75, 3.05) is 5.32 Å². The van der Waals surface area contributed by atoms with E-state index in [1.165, 1.54) is 19.3 Å².